The van der Waals surface area contributed by atoms with Crippen molar-refractivity contribution in [2.45, 2.75) is 43.5 Å². The predicted octanol–water partition coefficient (Wildman–Crippen LogP) is -0.240. The van der Waals surface area contributed by atoms with Gasteiger partial charge in [0.05, 0.1) is 6.61 Å². The molecule has 10 heteroatoms. The van der Waals surface area contributed by atoms with Gasteiger partial charge in [0.15, 0.2) is 0 Å². The van der Waals surface area contributed by atoms with Crippen LogP contribution in [-0.2, 0) is 17.6 Å². The van der Waals surface area contributed by atoms with Crippen LogP contribution < -0.4 is 4.74 Å². The molecular formula is C21H24O10. The number of aromatic carboxylic acids is 1. The molecule has 3 rings (SSSR count). The van der Waals surface area contributed by atoms with E-state index in [0.29, 0.717) is 6.42 Å². The van der Waals surface area contributed by atoms with Crippen molar-refractivity contribution in [1.29, 1.82) is 0 Å². The van der Waals surface area contributed by atoms with E-state index < -0.39 is 49.0 Å². The Morgan fingerprint density at radius 2 is 1.65 bits per heavy atom. The number of ether oxygens (including phenoxy) is 2. The number of hydrogen-bond donors (Lipinski definition) is 7. The summed E-state index contributed by atoms with van der Waals surface area (Å²) in [4.78, 5) is 11.6. The molecular weight excluding hydrogens is 412 g/mol. The Kier molecular flexibility index (Phi) is 6.98. The Labute approximate surface area is 177 Å². The molecule has 10 nitrogen and oxygen atoms in total. The largest absolute Gasteiger partial charge is 0.508 e. The van der Waals surface area contributed by atoms with Gasteiger partial charge in [-0.3, -0.25) is 0 Å². The molecule has 0 amide bonds. The Morgan fingerprint density at radius 1 is 0.968 bits per heavy atom. The van der Waals surface area contributed by atoms with Crippen LogP contribution in [0.5, 0.6) is 17.2 Å². The van der Waals surface area contributed by atoms with E-state index in [4.69, 9.17) is 9.47 Å². The van der Waals surface area contributed by atoms with Crippen LogP contribution >= 0.6 is 0 Å². The maximum atomic E-state index is 11.6. The second-order valence-corrected chi connectivity index (χ2v) is 7.26. The average Bonchev–Trinajstić information content (AvgIpc) is 2.73. The number of hydrogen-bond acceptors (Lipinski definition) is 9. The van der Waals surface area contributed by atoms with Crippen LogP contribution in [0, 0.1) is 0 Å². The van der Waals surface area contributed by atoms with Crippen LogP contribution in [0.4, 0.5) is 0 Å². The lowest BCUT2D eigenvalue weighted by atomic mass is 9.98. The van der Waals surface area contributed by atoms with Crippen molar-refractivity contribution >= 4 is 5.97 Å². The summed E-state index contributed by atoms with van der Waals surface area (Å²) in [6.45, 7) is -0.633. The Hall–Kier alpha value is -2.89. The standard InChI is InChI=1S/C21H24O10/c22-9-15-17(25)18(26)19(27)21(31-15)30-13-7-11(16(20(28)29)14(24)8-13)4-1-10-2-5-12(23)6-3-10/h2-3,5-8,15,17-19,21-27H,1,4,9H2,(H,28,29)/t15-,17-,18+,19-,21-/m1/s1. The molecule has 0 saturated carbocycles. The average molecular weight is 436 g/mol. The van der Waals surface area contributed by atoms with Gasteiger partial charge >= 0.3 is 5.97 Å². The molecule has 2 aromatic rings. The van der Waals surface area contributed by atoms with Gasteiger partial charge < -0.3 is 45.2 Å². The van der Waals surface area contributed by atoms with E-state index in [1.54, 1.807) is 12.1 Å². The molecule has 1 heterocycles. The second-order valence-electron chi connectivity index (χ2n) is 7.26. The van der Waals surface area contributed by atoms with Gasteiger partial charge in [0, 0.05) is 6.07 Å². The third-order valence-electron chi connectivity index (χ3n) is 5.11. The van der Waals surface area contributed by atoms with Gasteiger partial charge in [-0.15, -0.1) is 0 Å². The van der Waals surface area contributed by atoms with Gasteiger partial charge in [-0.2, -0.15) is 0 Å². The highest BCUT2D eigenvalue weighted by atomic mass is 16.7. The number of phenols is 2. The van der Waals surface area contributed by atoms with E-state index in [0.717, 1.165) is 11.6 Å². The molecule has 168 valence electrons. The molecule has 0 bridgehead atoms. The van der Waals surface area contributed by atoms with E-state index in [1.165, 1.54) is 18.2 Å². The number of rotatable bonds is 7. The molecule has 1 saturated heterocycles. The molecule has 0 aliphatic carbocycles. The van der Waals surface area contributed by atoms with Crippen molar-refractivity contribution in [3.63, 3.8) is 0 Å². The quantitative estimate of drug-likeness (QED) is 0.306. The first-order chi connectivity index (χ1) is 14.7. The number of phenolic OH excluding ortho intramolecular Hbond substituents is 1. The van der Waals surface area contributed by atoms with E-state index >= 15 is 0 Å². The summed E-state index contributed by atoms with van der Waals surface area (Å²) in [7, 11) is 0. The number of aromatic hydroxyl groups is 2. The lowest BCUT2D eigenvalue weighted by Crippen LogP contribution is -2.60. The molecule has 0 aromatic heterocycles. The number of aliphatic hydroxyl groups is 4. The van der Waals surface area contributed by atoms with E-state index in [1.807, 2.05) is 0 Å². The van der Waals surface area contributed by atoms with Crippen molar-refractivity contribution in [2.24, 2.45) is 0 Å². The van der Waals surface area contributed by atoms with Gasteiger partial charge in [-0.25, -0.2) is 4.79 Å². The van der Waals surface area contributed by atoms with Gasteiger partial charge in [-0.05, 0) is 42.2 Å². The summed E-state index contributed by atoms with van der Waals surface area (Å²) in [5.74, 6) is -1.83. The zero-order valence-electron chi connectivity index (χ0n) is 16.3. The number of aryl methyl sites for hydroxylation is 2. The number of carboxylic acids is 1. The summed E-state index contributed by atoms with van der Waals surface area (Å²) in [6.07, 6.45) is -6.88. The number of carbonyl (C=O) groups is 1. The summed E-state index contributed by atoms with van der Waals surface area (Å²) >= 11 is 0. The second kappa shape index (κ2) is 9.50. The Balaban J connectivity index is 1.84. The topological polar surface area (TPSA) is 177 Å². The summed E-state index contributed by atoms with van der Waals surface area (Å²) in [6, 6.07) is 8.78. The van der Waals surface area contributed by atoms with Crippen molar-refractivity contribution < 1.29 is 50.0 Å². The highest BCUT2D eigenvalue weighted by Crippen LogP contribution is 2.32. The SMILES string of the molecule is O=C(O)c1c(O)cc(O[C@@H]2O[C@H](CO)[C@@H](O)[C@H](O)[C@H]2O)cc1CCc1ccc(O)cc1. The summed E-state index contributed by atoms with van der Waals surface area (Å²) < 4.78 is 10.8. The smallest absolute Gasteiger partial charge is 0.339 e. The van der Waals surface area contributed by atoms with Crippen molar-refractivity contribution in [1.82, 2.24) is 0 Å². The van der Waals surface area contributed by atoms with Gasteiger partial charge in [-0.1, -0.05) is 12.1 Å². The molecule has 2 aromatic carbocycles. The lowest BCUT2D eigenvalue weighted by molar-refractivity contribution is -0.277. The fourth-order valence-electron chi connectivity index (χ4n) is 3.41. The fourth-order valence-corrected chi connectivity index (χ4v) is 3.41. The van der Waals surface area contributed by atoms with Crippen LogP contribution in [0.3, 0.4) is 0 Å². The fraction of sp³-hybridized carbons (Fsp3) is 0.381. The number of carboxylic acid groups (broad SMARTS) is 1. The van der Waals surface area contributed by atoms with Crippen molar-refractivity contribution in [2.75, 3.05) is 6.61 Å². The summed E-state index contributed by atoms with van der Waals surface area (Å²) in [5.41, 5.74) is 0.772. The van der Waals surface area contributed by atoms with Crippen LogP contribution in [0.25, 0.3) is 0 Å². The highest BCUT2D eigenvalue weighted by molar-refractivity contribution is 5.93. The molecule has 0 unspecified atom stereocenters. The molecule has 7 N–H and O–H groups in total. The monoisotopic (exact) mass is 436 g/mol. The van der Waals surface area contributed by atoms with E-state index in [-0.39, 0.29) is 29.0 Å². The predicted molar refractivity (Wildman–Crippen MR) is 105 cm³/mol. The first kappa shape index (κ1) is 22.8. The molecule has 31 heavy (non-hydrogen) atoms. The van der Waals surface area contributed by atoms with Crippen LogP contribution in [0.1, 0.15) is 21.5 Å². The first-order valence-corrected chi connectivity index (χ1v) is 9.55. The third-order valence-corrected chi connectivity index (χ3v) is 5.11. The molecule has 1 aliphatic rings. The number of benzene rings is 2. The minimum atomic E-state index is -1.65. The van der Waals surface area contributed by atoms with Crippen molar-refractivity contribution in [3.05, 3.63) is 53.1 Å². The van der Waals surface area contributed by atoms with Crippen LogP contribution in [0.15, 0.2) is 36.4 Å². The van der Waals surface area contributed by atoms with E-state index in [9.17, 15) is 40.5 Å². The maximum Gasteiger partial charge on any atom is 0.339 e. The Morgan fingerprint density at radius 3 is 2.26 bits per heavy atom. The minimum Gasteiger partial charge on any atom is -0.508 e. The van der Waals surface area contributed by atoms with Crippen LogP contribution in [0.2, 0.25) is 0 Å². The van der Waals surface area contributed by atoms with Gasteiger partial charge in [0.25, 0.3) is 0 Å². The summed E-state index contributed by atoms with van der Waals surface area (Å²) in [5, 5.41) is 68.2. The maximum absolute atomic E-state index is 11.6. The zero-order valence-corrected chi connectivity index (χ0v) is 16.3. The molecule has 1 aliphatic heterocycles. The van der Waals surface area contributed by atoms with Gasteiger partial charge in [0.2, 0.25) is 6.29 Å². The minimum absolute atomic E-state index is 0.0347. The molecule has 0 radical (unpaired) electrons. The molecule has 1 fully saturated rings. The third kappa shape index (κ3) is 5.06. The molecule has 5 atom stereocenters. The number of aliphatic hydroxyl groups excluding tert-OH is 4. The zero-order chi connectivity index (χ0) is 22.7. The molecule has 0 spiro atoms. The first-order valence-electron chi connectivity index (χ1n) is 9.55. The highest BCUT2D eigenvalue weighted by Gasteiger charge is 2.44. The van der Waals surface area contributed by atoms with E-state index in [2.05, 4.69) is 0 Å². The van der Waals surface area contributed by atoms with Gasteiger partial charge in [0.1, 0.15) is 47.2 Å². The normalized spacial score (nSPS) is 25.9. The van der Waals surface area contributed by atoms with Crippen molar-refractivity contribution in [3.8, 4) is 17.2 Å². The Bertz CT molecular complexity index is 911. The van der Waals surface area contributed by atoms with Crippen LogP contribution in [-0.4, -0.2) is 79.0 Å². The lowest BCUT2D eigenvalue weighted by Gasteiger charge is -2.39.